The van der Waals surface area contributed by atoms with E-state index in [1.54, 1.807) is 0 Å². The van der Waals surface area contributed by atoms with E-state index in [0.29, 0.717) is 19.8 Å². The van der Waals surface area contributed by atoms with E-state index in [2.05, 4.69) is 0 Å². The summed E-state index contributed by atoms with van der Waals surface area (Å²) in [7, 11) is -0.847. The Bertz CT molecular complexity index is 365. The monoisotopic (exact) mass is 257 g/mol. The number of ether oxygens (including phenoxy) is 1. The van der Waals surface area contributed by atoms with Crippen LogP contribution in [-0.4, -0.2) is 25.3 Å². The van der Waals surface area contributed by atoms with Crippen LogP contribution in [0.15, 0.2) is 18.2 Å². The predicted molar refractivity (Wildman–Crippen MR) is 69.9 cm³/mol. The number of fused-ring (bicyclic) bond motifs is 1. The first-order valence-corrected chi connectivity index (χ1v) is 5.57. The normalized spacial score (nSPS) is 13.2. The van der Waals surface area contributed by atoms with Crippen molar-refractivity contribution in [2.75, 3.05) is 13.2 Å². The van der Waals surface area contributed by atoms with Gasteiger partial charge in [-0.05, 0) is 31.0 Å². The average molecular weight is 258 g/mol. The standard InChI is InChI=1S/C11H16BNO3.ClH/c13-6-1-2-7-15-10-5-3-4-9-8-16-12(14)11(9)10;/h3-5,14H,1-2,6-8,13H2;1H. The minimum absolute atomic E-state index is 0. The Labute approximate surface area is 108 Å². The quantitative estimate of drug-likeness (QED) is 0.594. The van der Waals surface area contributed by atoms with Crippen molar-refractivity contribution in [3.05, 3.63) is 23.8 Å². The van der Waals surface area contributed by atoms with Gasteiger partial charge in [0.2, 0.25) is 0 Å². The zero-order valence-electron chi connectivity index (χ0n) is 9.59. The molecule has 1 aromatic carbocycles. The third kappa shape index (κ3) is 3.36. The molecule has 0 saturated heterocycles. The van der Waals surface area contributed by atoms with Crippen molar-refractivity contribution in [3.63, 3.8) is 0 Å². The van der Waals surface area contributed by atoms with Gasteiger partial charge < -0.3 is 20.1 Å². The lowest BCUT2D eigenvalue weighted by Gasteiger charge is -2.10. The molecule has 0 amide bonds. The minimum atomic E-state index is -0.847. The molecule has 1 aliphatic heterocycles. The van der Waals surface area contributed by atoms with Crippen LogP contribution in [0.2, 0.25) is 0 Å². The van der Waals surface area contributed by atoms with Crippen LogP contribution >= 0.6 is 12.4 Å². The van der Waals surface area contributed by atoms with Gasteiger partial charge in [-0.25, -0.2) is 0 Å². The average Bonchev–Trinajstić information content (AvgIpc) is 2.68. The Balaban J connectivity index is 0.00000144. The molecule has 0 radical (unpaired) electrons. The molecule has 3 N–H and O–H groups in total. The Morgan fingerprint density at radius 1 is 1.41 bits per heavy atom. The maximum absolute atomic E-state index is 9.64. The maximum atomic E-state index is 9.64. The molecule has 2 rings (SSSR count). The van der Waals surface area contributed by atoms with Gasteiger partial charge in [-0.1, -0.05) is 12.1 Å². The van der Waals surface area contributed by atoms with Gasteiger partial charge in [0.15, 0.2) is 0 Å². The molecule has 1 aliphatic rings. The third-order valence-corrected chi connectivity index (χ3v) is 2.66. The van der Waals surface area contributed by atoms with E-state index in [1.807, 2.05) is 18.2 Å². The first-order chi connectivity index (χ1) is 7.83. The van der Waals surface area contributed by atoms with E-state index < -0.39 is 7.12 Å². The van der Waals surface area contributed by atoms with Gasteiger partial charge in [0.25, 0.3) is 0 Å². The molecule has 0 atom stereocenters. The van der Waals surface area contributed by atoms with E-state index in [-0.39, 0.29) is 12.4 Å². The number of hydrogen-bond acceptors (Lipinski definition) is 4. The fourth-order valence-electron chi connectivity index (χ4n) is 1.80. The Hall–Kier alpha value is -0.745. The van der Waals surface area contributed by atoms with Crippen molar-refractivity contribution < 1.29 is 14.4 Å². The van der Waals surface area contributed by atoms with Crippen molar-refractivity contribution in [2.45, 2.75) is 19.4 Å². The first kappa shape index (κ1) is 14.3. The van der Waals surface area contributed by atoms with E-state index in [0.717, 1.165) is 29.6 Å². The number of hydrogen-bond donors (Lipinski definition) is 2. The first-order valence-electron chi connectivity index (χ1n) is 5.57. The summed E-state index contributed by atoms with van der Waals surface area (Å²) in [5.41, 5.74) is 7.18. The zero-order chi connectivity index (χ0) is 11.4. The molecule has 94 valence electrons. The molecule has 1 aromatic rings. The summed E-state index contributed by atoms with van der Waals surface area (Å²) in [6.45, 7) is 1.76. The smallest absolute Gasteiger partial charge is 0.494 e. The van der Waals surface area contributed by atoms with Crippen LogP contribution < -0.4 is 15.9 Å². The summed E-state index contributed by atoms with van der Waals surface area (Å²) in [5.74, 6) is 0.722. The van der Waals surface area contributed by atoms with Crippen LogP contribution in [0.5, 0.6) is 5.75 Å². The summed E-state index contributed by atoms with van der Waals surface area (Å²) in [6, 6.07) is 5.72. The SMILES string of the molecule is Cl.NCCCCOc1cccc2c1B(O)OC2. The lowest BCUT2D eigenvalue weighted by atomic mass is 9.79. The van der Waals surface area contributed by atoms with Crippen LogP contribution in [-0.2, 0) is 11.3 Å². The van der Waals surface area contributed by atoms with E-state index >= 15 is 0 Å². The Kier molecular flexibility index (Phi) is 5.78. The predicted octanol–water partition coefficient (Wildman–Crippen LogP) is 0.444. The van der Waals surface area contributed by atoms with Gasteiger partial charge in [-0.2, -0.15) is 0 Å². The second-order valence-electron chi connectivity index (χ2n) is 3.84. The summed E-state index contributed by atoms with van der Waals surface area (Å²) in [5, 5.41) is 9.64. The second-order valence-corrected chi connectivity index (χ2v) is 3.84. The van der Waals surface area contributed by atoms with Crippen LogP contribution in [0.3, 0.4) is 0 Å². The van der Waals surface area contributed by atoms with Crippen molar-refractivity contribution >= 4 is 25.0 Å². The molecule has 0 aromatic heterocycles. The van der Waals surface area contributed by atoms with Crippen LogP contribution in [0, 0.1) is 0 Å². The lowest BCUT2D eigenvalue weighted by molar-refractivity contribution is 0.274. The fourth-order valence-corrected chi connectivity index (χ4v) is 1.80. The zero-order valence-corrected chi connectivity index (χ0v) is 10.4. The molecular formula is C11H17BClNO3. The van der Waals surface area contributed by atoms with E-state index in [9.17, 15) is 5.02 Å². The number of benzene rings is 1. The molecule has 17 heavy (non-hydrogen) atoms. The Morgan fingerprint density at radius 3 is 3.00 bits per heavy atom. The van der Waals surface area contributed by atoms with E-state index in [4.69, 9.17) is 15.1 Å². The molecule has 1 heterocycles. The van der Waals surface area contributed by atoms with Gasteiger partial charge in [-0.3, -0.25) is 0 Å². The minimum Gasteiger partial charge on any atom is -0.494 e. The molecule has 0 saturated carbocycles. The number of rotatable bonds is 5. The van der Waals surface area contributed by atoms with Crippen molar-refractivity contribution in [1.29, 1.82) is 0 Å². The van der Waals surface area contributed by atoms with Crippen LogP contribution in [0.4, 0.5) is 0 Å². The van der Waals surface area contributed by atoms with Crippen molar-refractivity contribution in [3.8, 4) is 5.75 Å². The van der Waals surface area contributed by atoms with Crippen molar-refractivity contribution in [1.82, 2.24) is 0 Å². The van der Waals surface area contributed by atoms with E-state index in [1.165, 1.54) is 0 Å². The molecular weight excluding hydrogens is 240 g/mol. The highest BCUT2D eigenvalue weighted by Crippen LogP contribution is 2.18. The Morgan fingerprint density at radius 2 is 2.24 bits per heavy atom. The molecule has 4 nitrogen and oxygen atoms in total. The molecule has 6 heteroatoms. The molecule has 0 spiro atoms. The number of nitrogens with two attached hydrogens (primary N) is 1. The van der Waals surface area contributed by atoms with Gasteiger partial charge >= 0.3 is 7.12 Å². The van der Waals surface area contributed by atoms with Crippen LogP contribution in [0.1, 0.15) is 18.4 Å². The molecule has 0 bridgehead atoms. The fraction of sp³-hybridized carbons (Fsp3) is 0.455. The summed E-state index contributed by atoms with van der Waals surface area (Å²) < 4.78 is 10.8. The third-order valence-electron chi connectivity index (χ3n) is 2.66. The largest absolute Gasteiger partial charge is 0.495 e. The topological polar surface area (TPSA) is 64.7 Å². The highest BCUT2D eigenvalue weighted by atomic mass is 35.5. The number of halogens is 1. The maximum Gasteiger partial charge on any atom is 0.495 e. The molecule has 0 fully saturated rings. The molecule has 0 aliphatic carbocycles. The molecule has 0 unspecified atom stereocenters. The lowest BCUT2D eigenvalue weighted by Crippen LogP contribution is -2.30. The highest BCUT2D eigenvalue weighted by molar-refractivity contribution is 6.62. The van der Waals surface area contributed by atoms with Gasteiger partial charge in [0.1, 0.15) is 5.75 Å². The van der Waals surface area contributed by atoms with Gasteiger partial charge in [-0.15, -0.1) is 12.4 Å². The highest BCUT2D eigenvalue weighted by Gasteiger charge is 2.30. The summed E-state index contributed by atoms with van der Waals surface area (Å²) >= 11 is 0. The summed E-state index contributed by atoms with van der Waals surface area (Å²) in [4.78, 5) is 0. The van der Waals surface area contributed by atoms with Crippen LogP contribution in [0.25, 0.3) is 0 Å². The number of unbranched alkanes of at least 4 members (excludes halogenated alkanes) is 1. The second kappa shape index (κ2) is 6.86. The van der Waals surface area contributed by atoms with Gasteiger partial charge in [0.05, 0.1) is 13.2 Å². The summed E-state index contributed by atoms with van der Waals surface area (Å²) in [6.07, 6.45) is 1.88. The van der Waals surface area contributed by atoms with Crippen molar-refractivity contribution in [2.24, 2.45) is 5.73 Å². The van der Waals surface area contributed by atoms with Gasteiger partial charge in [0, 0.05) is 5.46 Å².